The maximum atomic E-state index is 13.5. The number of nitrogen functional groups attached to an aromatic ring is 2. The van der Waals surface area contributed by atoms with Crippen LogP contribution < -0.4 is 21.5 Å². The smallest absolute Gasteiger partial charge is 0.407 e. The van der Waals surface area contributed by atoms with Crippen molar-refractivity contribution in [2.75, 3.05) is 18.1 Å². The fraction of sp³-hybridized carbons (Fsp3) is 0.200. The largest absolute Gasteiger partial charge is 0.457 e. The molecule has 122 valence electrons. The topological polar surface area (TPSA) is 112 Å². The number of benzene rings is 1. The zero-order chi connectivity index (χ0) is 16.8. The van der Waals surface area contributed by atoms with Crippen molar-refractivity contribution >= 4 is 17.6 Å². The summed E-state index contributed by atoms with van der Waals surface area (Å²) in [6, 6.07) is 5.64. The lowest BCUT2D eigenvalue weighted by atomic mass is 10.2. The van der Waals surface area contributed by atoms with Crippen LogP contribution in [0.3, 0.4) is 0 Å². The van der Waals surface area contributed by atoms with Crippen molar-refractivity contribution in [3.8, 4) is 11.5 Å². The summed E-state index contributed by atoms with van der Waals surface area (Å²) >= 11 is 0. The Balaban J connectivity index is 2.19. The predicted molar refractivity (Wildman–Crippen MR) is 83.4 cm³/mol. The van der Waals surface area contributed by atoms with Crippen LogP contribution in [0.15, 0.2) is 30.5 Å². The summed E-state index contributed by atoms with van der Waals surface area (Å²) in [6.07, 6.45) is 0.867. The van der Waals surface area contributed by atoms with Gasteiger partial charge in [0.2, 0.25) is 0 Å². The van der Waals surface area contributed by atoms with Gasteiger partial charge in [-0.05, 0) is 25.1 Å². The van der Waals surface area contributed by atoms with E-state index in [0.717, 1.165) is 6.07 Å². The number of carbonyl (C=O) groups excluding carboxylic acids is 1. The van der Waals surface area contributed by atoms with Crippen LogP contribution in [-0.4, -0.2) is 17.7 Å². The predicted octanol–water partition coefficient (Wildman–Crippen LogP) is 2.42. The van der Waals surface area contributed by atoms with E-state index in [9.17, 15) is 9.18 Å². The van der Waals surface area contributed by atoms with E-state index in [1.807, 2.05) is 0 Å². The zero-order valence-electron chi connectivity index (χ0n) is 12.5. The summed E-state index contributed by atoms with van der Waals surface area (Å²) < 4.78 is 23.9. The molecule has 0 aliphatic carbocycles. The van der Waals surface area contributed by atoms with Gasteiger partial charge in [0.25, 0.3) is 0 Å². The molecule has 0 aliphatic rings. The summed E-state index contributed by atoms with van der Waals surface area (Å²) in [5.41, 5.74) is 11.7. The molecule has 0 aliphatic heterocycles. The molecule has 2 aromatic rings. The molecule has 23 heavy (non-hydrogen) atoms. The van der Waals surface area contributed by atoms with Crippen molar-refractivity contribution in [1.29, 1.82) is 0 Å². The van der Waals surface area contributed by atoms with E-state index in [0.29, 0.717) is 11.3 Å². The lowest BCUT2D eigenvalue weighted by molar-refractivity contribution is 0.151. The molecule has 1 aromatic carbocycles. The van der Waals surface area contributed by atoms with E-state index in [4.69, 9.17) is 20.9 Å². The van der Waals surface area contributed by atoms with Gasteiger partial charge in [-0.3, -0.25) is 0 Å². The highest BCUT2D eigenvalue weighted by Crippen LogP contribution is 2.29. The third-order valence-corrected chi connectivity index (χ3v) is 2.93. The van der Waals surface area contributed by atoms with Gasteiger partial charge in [-0.2, -0.15) is 0 Å². The second-order valence-corrected chi connectivity index (χ2v) is 4.53. The minimum atomic E-state index is -0.587. The van der Waals surface area contributed by atoms with Crippen LogP contribution >= 0.6 is 0 Å². The number of ether oxygens (including phenoxy) is 2. The van der Waals surface area contributed by atoms with E-state index < -0.39 is 11.9 Å². The molecule has 0 atom stereocenters. The molecular formula is C15H17FN4O3. The SMILES string of the molecule is CCOC(=O)NCc1c(Oc2ccc(N)c(F)c2)ccnc1N. The first-order valence-electron chi connectivity index (χ1n) is 6.88. The van der Waals surface area contributed by atoms with Gasteiger partial charge in [0, 0.05) is 12.3 Å². The van der Waals surface area contributed by atoms with Crippen LogP contribution in [-0.2, 0) is 11.3 Å². The molecule has 1 heterocycles. The Hall–Kier alpha value is -3.03. The van der Waals surface area contributed by atoms with Crippen LogP contribution in [0.4, 0.5) is 20.7 Å². The number of anilines is 2. The summed E-state index contributed by atoms with van der Waals surface area (Å²) in [4.78, 5) is 15.3. The number of hydrogen-bond donors (Lipinski definition) is 3. The maximum Gasteiger partial charge on any atom is 0.407 e. The third kappa shape index (κ3) is 4.22. The van der Waals surface area contributed by atoms with E-state index in [1.165, 1.54) is 18.3 Å². The number of alkyl carbamates (subject to hydrolysis) is 1. The first-order chi connectivity index (χ1) is 11.0. The molecule has 0 saturated carbocycles. The minimum absolute atomic E-state index is 0.0239. The molecule has 7 nitrogen and oxygen atoms in total. The summed E-state index contributed by atoms with van der Waals surface area (Å²) in [5, 5.41) is 2.53. The molecule has 1 amide bonds. The van der Waals surface area contributed by atoms with Crippen LogP contribution in [0.5, 0.6) is 11.5 Å². The molecule has 0 unspecified atom stereocenters. The number of nitrogens with zero attached hydrogens (tertiary/aromatic N) is 1. The average molecular weight is 320 g/mol. The lowest BCUT2D eigenvalue weighted by Gasteiger charge is -2.13. The van der Waals surface area contributed by atoms with Crippen LogP contribution in [0, 0.1) is 5.82 Å². The fourth-order valence-electron chi connectivity index (χ4n) is 1.80. The Morgan fingerprint density at radius 2 is 2.13 bits per heavy atom. The van der Waals surface area contributed by atoms with Gasteiger partial charge in [-0.1, -0.05) is 0 Å². The Kier molecular flexibility index (Phi) is 5.19. The molecule has 2 rings (SSSR count). The van der Waals surface area contributed by atoms with E-state index in [2.05, 4.69) is 10.3 Å². The second kappa shape index (κ2) is 7.30. The summed E-state index contributed by atoms with van der Waals surface area (Å²) in [6.45, 7) is 2.01. The highest BCUT2D eigenvalue weighted by molar-refractivity contribution is 5.67. The summed E-state index contributed by atoms with van der Waals surface area (Å²) in [5.74, 6) is 0.198. The number of rotatable bonds is 5. The number of nitrogens with two attached hydrogens (primary N) is 2. The van der Waals surface area contributed by atoms with Gasteiger partial charge in [-0.25, -0.2) is 14.2 Å². The van der Waals surface area contributed by atoms with E-state index in [-0.39, 0.29) is 30.4 Å². The number of nitrogens with one attached hydrogen (secondary N) is 1. The highest BCUT2D eigenvalue weighted by Gasteiger charge is 2.12. The molecule has 0 radical (unpaired) electrons. The number of amides is 1. The normalized spacial score (nSPS) is 10.2. The van der Waals surface area contributed by atoms with Gasteiger partial charge in [0.1, 0.15) is 23.1 Å². The molecule has 8 heteroatoms. The van der Waals surface area contributed by atoms with Crippen molar-refractivity contribution in [1.82, 2.24) is 10.3 Å². The van der Waals surface area contributed by atoms with E-state index >= 15 is 0 Å². The second-order valence-electron chi connectivity index (χ2n) is 4.53. The molecule has 0 bridgehead atoms. The van der Waals surface area contributed by atoms with Gasteiger partial charge >= 0.3 is 6.09 Å². The monoisotopic (exact) mass is 320 g/mol. The third-order valence-electron chi connectivity index (χ3n) is 2.93. The Bertz CT molecular complexity index is 709. The molecule has 1 aromatic heterocycles. The minimum Gasteiger partial charge on any atom is -0.457 e. The van der Waals surface area contributed by atoms with Crippen LogP contribution in [0.1, 0.15) is 12.5 Å². The number of aromatic nitrogens is 1. The maximum absolute atomic E-state index is 13.5. The van der Waals surface area contributed by atoms with Crippen molar-refractivity contribution in [2.45, 2.75) is 13.5 Å². The Morgan fingerprint density at radius 1 is 1.35 bits per heavy atom. The number of hydrogen-bond acceptors (Lipinski definition) is 6. The van der Waals surface area contributed by atoms with Crippen LogP contribution in [0.2, 0.25) is 0 Å². The quantitative estimate of drug-likeness (QED) is 0.729. The Labute approximate surface area is 132 Å². The number of carbonyl (C=O) groups is 1. The molecule has 5 N–H and O–H groups in total. The average Bonchev–Trinajstić information content (AvgIpc) is 2.51. The van der Waals surface area contributed by atoms with E-state index in [1.54, 1.807) is 13.0 Å². The Morgan fingerprint density at radius 3 is 2.83 bits per heavy atom. The fourth-order valence-corrected chi connectivity index (χ4v) is 1.80. The van der Waals surface area contributed by atoms with Crippen LogP contribution in [0.25, 0.3) is 0 Å². The zero-order valence-corrected chi connectivity index (χ0v) is 12.5. The molecule has 0 fully saturated rings. The number of halogens is 1. The van der Waals surface area contributed by atoms with Gasteiger partial charge in [-0.15, -0.1) is 0 Å². The van der Waals surface area contributed by atoms with Crippen molar-refractivity contribution in [3.05, 3.63) is 41.8 Å². The first kappa shape index (κ1) is 16.3. The van der Waals surface area contributed by atoms with Crippen molar-refractivity contribution in [3.63, 3.8) is 0 Å². The van der Waals surface area contributed by atoms with Gasteiger partial charge < -0.3 is 26.3 Å². The number of pyridine rings is 1. The van der Waals surface area contributed by atoms with Gasteiger partial charge in [0.05, 0.1) is 24.4 Å². The molecule has 0 saturated heterocycles. The summed E-state index contributed by atoms with van der Waals surface area (Å²) in [7, 11) is 0. The molecule has 0 spiro atoms. The highest BCUT2D eigenvalue weighted by atomic mass is 19.1. The van der Waals surface area contributed by atoms with Gasteiger partial charge in [0.15, 0.2) is 0 Å². The first-order valence-corrected chi connectivity index (χ1v) is 6.88. The van der Waals surface area contributed by atoms with Crippen molar-refractivity contribution in [2.24, 2.45) is 0 Å². The van der Waals surface area contributed by atoms with Crippen molar-refractivity contribution < 1.29 is 18.7 Å². The standard InChI is InChI=1S/C15H17FN4O3/c1-2-22-15(21)20-8-10-13(5-6-19-14(10)18)23-9-3-4-12(17)11(16)7-9/h3-7H,2,8,17H2,1H3,(H2,18,19)(H,20,21). The lowest BCUT2D eigenvalue weighted by Crippen LogP contribution is -2.24. The molecular weight excluding hydrogens is 303 g/mol.